The molecule has 1 fully saturated rings. The van der Waals surface area contributed by atoms with Crippen LogP contribution in [0, 0.1) is 5.92 Å². The third-order valence-corrected chi connectivity index (χ3v) is 3.45. The van der Waals surface area contributed by atoms with Crippen molar-refractivity contribution in [2.75, 3.05) is 19.6 Å². The number of rotatable bonds is 3. The van der Waals surface area contributed by atoms with Crippen LogP contribution in [0.3, 0.4) is 0 Å². The monoisotopic (exact) mass is 220 g/mol. The van der Waals surface area contributed by atoms with E-state index in [1.807, 2.05) is 12.3 Å². The standard InChI is InChI=1S/C13H20N2O/c1-2-15-7-5-13(16)12(10-15)8-11-4-3-6-14-9-11/h3-4,6,9,12-13,16H,2,5,7-8,10H2,1H3. The first-order chi connectivity index (χ1) is 7.79. The average molecular weight is 220 g/mol. The quantitative estimate of drug-likeness (QED) is 0.835. The maximum atomic E-state index is 10.00. The summed E-state index contributed by atoms with van der Waals surface area (Å²) in [5.41, 5.74) is 1.23. The van der Waals surface area contributed by atoms with Gasteiger partial charge in [0.1, 0.15) is 0 Å². The molecule has 88 valence electrons. The molecule has 2 unspecified atom stereocenters. The summed E-state index contributed by atoms with van der Waals surface area (Å²) in [5, 5.41) is 10.00. The van der Waals surface area contributed by atoms with Gasteiger partial charge in [-0.2, -0.15) is 0 Å². The van der Waals surface area contributed by atoms with Crippen molar-refractivity contribution in [3.8, 4) is 0 Å². The van der Waals surface area contributed by atoms with Gasteiger partial charge in [0.2, 0.25) is 0 Å². The molecule has 2 atom stereocenters. The van der Waals surface area contributed by atoms with E-state index in [0.717, 1.165) is 32.5 Å². The number of hydrogen-bond acceptors (Lipinski definition) is 3. The van der Waals surface area contributed by atoms with Gasteiger partial charge in [0.05, 0.1) is 6.10 Å². The van der Waals surface area contributed by atoms with E-state index in [9.17, 15) is 5.11 Å². The number of aromatic nitrogens is 1. The lowest BCUT2D eigenvalue weighted by atomic mass is 9.89. The third kappa shape index (κ3) is 2.80. The van der Waals surface area contributed by atoms with Crippen molar-refractivity contribution in [3.05, 3.63) is 30.1 Å². The summed E-state index contributed by atoms with van der Waals surface area (Å²) in [4.78, 5) is 6.53. The van der Waals surface area contributed by atoms with E-state index in [0.29, 0.717) is 5.92 Å². The first-order valence-electron chi connectivity index (χ1n) is 6.09. The highest BCUT2D eigenvalue weighted by atomic mass is 16.3. The molecule has 1 aliphatic rings. The summed E-state index contributed by atoms with van der Waals surface area (Å²) in [6.45, 7) is 5.29. The number of hydrogen-bond donors (Lipinski definition) is 1. The van der Waals surface area contributed by atoms with Crippen LogP contribution in [0.5, 0.6) is 0 Å². The van der Waals surface area contributed by atoms with Crippen molar-refractivity contribution in [2.24, 2.45) is 5.92 Å². The van der Waals surface area contributed by atoms with Crippen LogP contribution in [0.15, 0.2) is 24.5 Å². The lowest BCUT2D eigenvalue weighted by Crippen LogP contribution is -2.43. The Morgan fingerprint density at radius 3 is 3.12 bits per heavy atom. The zero-order chi connectivity index (χ0) is 11.4. The van der Waals surface area contributed by atoms with Crippen LogP contribution < -0.4 is 0 Å². The van der Waals surface area contributed by atoms with Crippen molar-refractivity contribution >= 4 is 0 Å². The predicted molar refractivity (Wildman–Crippen MR) is 64.2 cm³/mol. The van der Waals surface area contributed by atoms with E-state index in [4.69, 9.17) is 0 Å². The molecule has 0 bridgehead atoms. The van der Waals surface area contributed by atoms with Gasteiger partial charge >= 0.3 is 0 Å². The van der Waals surface area contributed by atoms with Crippen LogP contribution in [0.25, 0.3) is 0 Å². The Morgan fingerprint density at radius 2 is 2.44 bits per heavy atom. The van der Waals surface area contributed by atoms with Gasteiger partial charge in [-0.15, -0.1) is 0 Å². The SMILES string of the molecule is CCN1CCC(O)C(Cc2cccnc2)C1. The van der Waals surface area contributed by atoms with Gasteiger partial charge in [-0.05, 0) is 31.0 Å². The van der Waals surface area contributed by atoms with Gasteiger partial charge in [0.25, 0.3) is 0 Å². The number of likely N-dealkylation sites (tertiary alicyclic amines) is 1. The summed E-state index contributed by atoms with van der Waals surface area (Å²) in [6, 6.07) is 4.05. The molecule has 0 amide bonds. The molecule has 2 rings (SSSR count). The number of aliphatic hydroxyl groups is 1. The normalized spacial score (nSPS) is 26.9. The van der Waals surface area contributed by atoms with Crippen LogP contribution >= 0.6 is 0 Å². The molecular weight excluding hydrogens is 200 g/mol. The minimum absolute atomic E-state index is 0.150. The van der Waals surface area contributed by atoms with Gasteiger partial charge < -0.3 is 10.0 Å². The molecule has 16 heavy (non-hydrogen) atoms. The van der Waals surface area contributed by atoms with Crippen molar-refractivity contribution < 1.29 is 5.11 Å². The van der Waals surface area contributed by atoms with Crippen LogP contribution in [0.1, 0.15) is 18.9 Å². The molecule has 0 saturated carbocycles. The van der Waals surface area contributed by atoms with Gasteiger partial charge in [0, 0.05) is 31.4 Å². The van der Waals surface area contributed by atoms with E-state index in [2.05, 4.69) is 22.9 Å². The molecule has 0 aromatic carbocycles. The Labute approximate surface area is 97.1 Å². The number of aliphatic hydroxyl groups excluding tert-OH is 1. The second-order valence-electron chi connectivity index (χ2n) is 4.57. The van der Waals surface area contributed by atoms with Gasteiger partial charge in [-0.1, -0.05) is 13.0 Å². The first kappa shape index (κ1) is 11.6. The Hall–Kier alpha value is -0.930. The summed E-state index contributed by atoms with van der Waals surface area (Å²) < 4.78 is 0. The van der Waals surface area contributed by atoms with Crippen LogP contribution in [0.4, 0.5) is 0 Å². The summed E-state index contributed by atoms with van der Waals surface area (Å²) in [5.74, 6) is 0.359. The Bertz CT molecular complexity index is 315. The zero-order valence-electron chi connectivity index (χ0n) is 9.84. The smallest absolute Gasteiger partial charge is 0.0596 e. The molecule has 3 nitrogen and oxygen atoms in total. The maximum Gasteiger partial charge on any atom is 0.0596 e. The Kier molecular flexibility index (Phi) is 3.91. The number of pyridine rings is 1. The molecule has 0 spiro atoms. The van der Waals surface area contributed by atoms with Crippen LogP contribution in [-0.2, 0) is 6.42 Å². The van der Waals surface area contributed by atoms with Gasteiger partial charge in [0.15, 0.2) is 0 Å². The van der Waals surface area contributed by atoms with E-state index < -0.39 is 0 Å². The fraction of sp³-hybridized carbons (Fsp3) is 0.615. The molecular formula is C13H20N2O. The second-order valence-corrected chi connectivity index (χ2v) is 4.57. The van der Waals surface area contributed by atoms with E-state index >= 15 is 0 Å². The molecule has 1 N–H and O–H groups in total. The van der Waals surface area contributed by atoms with E-state index in [1.54, 1.807) is 6.20 Å². The van der Waals surface area contributed by atoms with Crippen molar-refractivity contribution in [3.63, 3.8) is 0 Å². The highest BCUT2D eigenvalue weighted by molar-refractivity contribution is 5.10. The molecule has 0 radical (unpaired) electrons. The number of piperidine rings is 1. The summed E-state index contributed by atoms with van der Waals surface area (Å²) in [6.07, 6.45) is 5.38. The van der Waals surface area contributed by atoms with E-state index in [-0.39, 0.29) is 6.10 Å². The molecule has 1 saturated heterocycles. The summed E-state index contributed by atoms with van der Waals surface area (Å²) in [7, 11) is 0. The van der Waals surface area contributed by atoms with Crippen LogP contribution in [-0.4, -0.2) is 40.7 Å². The summed E-state index contributed by atoms with van der Waals surface area (Å²) >= 11 is 0. The first-order valence-corrected chi connectivity index (χ1v) is 6.09. The van der Waals surface area contributed by atoms with Crippen molar-refractivity contribution in [1.29, 1.82) is 0 Å². The third-order valence-electron chi connectivity index (χ3n) is 3.45. The second kappa shape index (κ2) is 5.41. The fourth-order valence-corrected chi connectivity index (χ4v) is 2.40. The minimum atomic E-state index is -0.150. The zero-order valence-corrected chi connectivity index (χ0v) is 9.84. The Morgan fingerprint density at radius 1 is 1.56 bits per heavy atom. The molecule has 2 heterocycles. The highest BCUT2D eigenvalue weighted by Gasteiger charge is 2.26. The number of nitrogens with zero attached hydrogens (tertiary/aromatic N) is 2. The van der Waals surface area contributed by atoms with Gasteiger partial charge in [-0.3, -0.25) is 4.98 Å². The lowest BCUT2D eigenvalue weighted by molar-refractivity contribution is 0.0290. The van der Waals surface area contributed by atoms with Crippen molar-refractivity contribution in [2.45, 2.75) is 25.9 Å². The fourth-order valence-electron chi connectivity index (χ4n) is 2.40. The van der Waals surface area contributed by atoms with Crippen LogP contribution in [0.2, 0.25) is 0 Å². The largest absolute Gasteiger partial charge is 0.393 e. The molecule has 0 aliphatic carbocycles. The highest BCUT2D eigenvalue weighted by Crippen LogP contribution is 2.20. The minimum Gasteiger partial charge on any atom is -0.393 e. The molecule has 1 aliphatic heterocycles. The topological polar surface area (TPSA) is 36.4 Å². The predicted octanol–water partition coefficient (Wildman–Crippen LogP) is 1.33. The molecule has 1 aromatic rings. The van der Waals surface area contributed by atoms with Crippen molar-refractivity contribution in [1.82, 2.24) is 9.88 Å². The van der Waals surface area contributed by atoms with E-state index in [1.165, 1.54) is 5.56 Å². The average Bonchev–Trinajstić information content (AvgIpc) is 2.33. The lowest BCUT2D eigenvalue weighted by Gasteiger charge is -2.35. The molecule has 1 aromatic heterocycles. The Balaban J connectivity index is 1.97. The van der Waals surface area contributed by atoms with Gasteiger partial charge in [-0.25, -0.2) is 0 Å². The molecule has 3 heteroatoms. The maximum absolute atomic E-state index is 10.00.